The number of rotatable bonds is 3. The van der Waals surface area contributed by atoms with Gasteiger partial charge in [-0.15, -0.1) is 0 Å². The highest BCUT2D eigenvalue weighted by atomic mass is 35.5. The molecule has 0 bridgehead atoms. The van der Waals surface area contributed by atoms with Gasteiger partial charge >= 0.3 is 0 Å². The summed E-state index contributed by atoms with van der Waals surface area (Å²) in [5, 5.41) is 0.136. The van der Waals surface area contributed by atoms with Crippen LogP contribution < -0.4 is 0 Å². The lowest BCUT2D eigenvalue weighted by Crippen LogP contribution is -1.96. The van der Waals surface area contributed by atoms with Crippen LogP contribution in [0.1, 0.15) is 12.7 Å². The van der Waals surface area contributed by atoms with E-state index in [-0.39, 0.29) is 10.6 Å². The van der Waals surface area contributed by atoms with Crippen molar-refractivity contribution in [3.63, 3.8) is 0 Å². The number of allylic oxidation sites excluding steroid dienone is 5. The highest BCUT2D eigenvalue weighted by Crippen LogP contribution is 2.14. The SMILES string of the molecule is C=C/C(=C\C=C/C)c1nc(Cl)nc(Cl)n1. The molecule has 1 aromatic rings. The van der Waals surface area contributed by atoms with E-state index in [0.29, 0.717) is 5.82 Å². The molecule has 0 radical (unpaired) electrons. The van der Waals surface area contributed by atoms with Gasteiger partial charge in [0.1, 0.15) is 0 Å². The van der Waals surface area contributed by atoms with E-state index in [0.717, 1.165) is 5.57 Å². The first kappa shape index (κ1) is 11.9. The molecule has 5 heteroatoms. The Hall–Kier alpha value is -1.19. The fourth-order valence-electron chi connectivity index (χ4n) is 0.889. The lowest BCUT2D eigenvalue weighted by Gasteiger charge is -1.99. The van der Waals surface area contributed by atoms with Gasteiger partial charge in [-0.3, -0.25) is 0 Å². The highest BCUT2D eigenvalue weighted by molar-refractivity contribution is 6.31. The van der Waals surface area contributed by atoms with Crippen LogP contribution in [0.25, 0.3) is 5.57 Å². The van der Waals surface area contributed by atoms with Crippen LogP contribution >= 0.6 is 23.2 Å². The molecule has 0 saturated carbocycles. The Morgan fingerprint density at radius 2 is 1.80 bits per heavy atom. The van der Waals surface area contributed by atoms with Gasteiger partial charge in [-0.1, -0.05) is 30.9 Å². The fraction of sp³-hybridized carbons (Fsp3) is 0.100. The van der Waals surface area contributed by atoms with Crippen molar-refractivity contribution in [3.8, 4) is 0 Å². The fourth-order valence-corrected chi connectivity index (χ4v) is 1.25. The predicted octanol–water partition coefficient (Wildman–Crippen LogP) is 3.32. The highest BCUT2D eigenvalue weighted by Gasteiger charge is 2.05. The third-order valence-corrected chi connectivity index (χ3v) is 1.87. The minimum absolute atomic E-state index is 0.0678. The van der Waals surface area contributed by atoms with Crippen molar-refractivity contribution in [3.05, 3.63) is 47.3 Å². The zero-order valence-corrected chi connectivity index (χ0v) is 9.63. The number of nitrogens with zero attached hydrogens (tertiary/aromatic N) is 3. The molecule has 0 aliphatic carbocycles. The number of hydrogen-bond acceptors (Lipinski definition) is 3. The molecular formula is C10H9Cl2N3. The van der Waals surface area contributed by atoms with Crippen molar-refractivity contribution < 1.29 is 0 Å². The van der Waals surface area contributed by atoms with Gasteiger partial charge in [0.05, 0.1) is 0 Å². The van der Waals surface area contributed by atoms with Crippen LogP contribution in [0.15, 0.2) is 30.9 Å². The van der Waals surface area contributed by atoms with E-state index < -0.39 is 0 Å². The molecule has 78 valence electrons. The maximum atomic E-state index is 5.66. The van der Waals surface area contributed by atoms with Gasteiger partial charge in [0.25, 0.3) is 0 Å². The smallest absolute Gasteiger partial charge is 0.198 e. The van der Waals surface area contributed by atoms with E-state index in [9.17, 15) is 0 Å². The summed E-state index contributed by atoms with van der Waals surface area (Å²) in [5.74, 6) is 0.410. The molecule has 0 fully saturated rings. The van der Waals surface area contributed by atoms with Crippen LogP contribution in [0.3, 0.4) is 0 Å². The lowest BCUT2D eigenvalue weighted by atomic mass is 10.2. The minimum atomic E-state index is 0.0678. The normalized spacial score (nSPS) is 12.1. The number of aromatic nitrogens is 3. The largest absolute Gasteiger partial charge is 0.227 e. The van der Waals surface area contributed by atoms with Gasteiger partial charge in [0.15, 0.2) is 5.82 Å². The first-order valence-corrected chi connectivity index (χ1v) is 4.96. The summed E-state index contributed by atoms with van der Waals surface area (Å²) >= 11 is 11.3. The Morgan fingerprint density at radius 1 is 1.20 bits per heavy atom. The Labute approximate surface area is 98.2 Å². The van der Waals surface area contributed by atoms with E-state index in [2.05, 4.69) is 21.5 Å². The molecule has 0 amide bonds. The summed E-state index contributed by atoms with van der Waals surface area (Å²) in [4.78, 5) is 11.5. The second-order valence-electron chi connectivity index (χ2n) is 2.55. The molecule has 3 nitrogen and oxygen atoms in total. The number of hydrogen-bond donors (Lipinski definition) is 0. The Kier molecular flexibility index (Phi) is 4.46. The molecule has 0 aromatic carbocycles. The third-order valence-electron chi connectivity index (χ3n) is 1.53. The van der Waals surface area contributed by atoms with E-state index in [1.807, 2.05) is 25.2 Å². The van der Waals surface area contributed by atoms with Crippen molar-refractivity contribution in [2.45, 2.75) is 6.92 Å². The van der Waals surface area contributed by atoms with Gasteiger partial charge in [-0.25, -0.2) is 0 Å². The Balaban J connectivity index is 3.17. The van der Waals surface area contributed by atoms with Crippen LogP contribution in [0.2, 0.25) is 10.6 Å². The molecule has 0 atom stereocenters. The van der Waals surface area contributed by atoms with Crippen LogP contribution in [0.5, 0.6) is 0 Å². The molecule has 0 N–H and O–H groups in total. The quantitative estimate of drug-likeness (QED) is 0.763. The van der Waals surface area contributed by atoms with Crippen molar-refractivity contribution >= 4 is 28.8 Å². The molecular weight excluding hydrogens is 233 g/mol. The van der Waals surface area contributed by atoms with E-state index in [4.69, 9.17) is 23.2 Å². The Morgan fingerprint density at radius 3 is 2.27 bits per heavy atom. The van der Waals surface area contributed by atoms with E-state index >= 15 is 0 Å². The van der Waals surface area contributed by atoms with Crippen molar-refractivity contribution in [2.24, 2.45) is 0 Å². The van der Waals surface area contributed by atoms with Crippen molar-refractivity contribution in [2.75, 3.05) is 0 Å². The molecule has 0 unspecified atom stereocenters. The van der Waals surface area contributed by atoms with Gasteiger partial charge in [0, 0.05) is 5.57 Å². The molecule has 0 saturated heterocycles. The number of halogens is 2. The monoisotopic (exact) mass is 241 g/mol. The molecule has 0 aliphatic rings. The van der Waals surface area contributed by atoms with Crippen LogP contribution in [0.4, 0.5) is 0 Å². The van der Waals surface area contributed by atoms with Crippen LogP contribution in [-0.2, 0) is 0 Å². The summed E-state index contributed by atoms with van der Waals surface area (Å²) in [5.41, 5.74) is 0.735. The minimum Gasteiger partial charge on any atom is -0.198 e. The summed E-state index contributed by atoms with van der Waals surface area (Å²) < 4.78 is 0. The molecule has 1 heterocycles. The topological polar surface area (TPSA) is 38.7 Å². The van der Waals surface area contributed by atoms with E-state index in [1.165, 1.54) is 0 Å². The molecule has 15 heavy (non-hydrogen) atoms. The maximum absolute atomic E-state index is 5.66. The first-order valence-electron chi connectivity index (χ1n) is 4.20. The van der Waals surface area contributed by atoms with Crippen molar-refractivity contribution in [1.29, 1.82) is 0 Å². The summed E-state index contributed by atoms with van der Waals surface area (Å²) in [6, 6.07) is 0. The zero-order valence-electron chi connectivity index (χ0n) is 8.11. The third kappa shape index (κ3) is 3.46. The molecule has 0 aliphatic heterocycles. The second kappa shape index (κ2) is 5.63. The van der Waals surface area contributed by atoms with Gasteiger partial charge < -0.3 is 0 Å². The van der Waals surface area contributed by atoms with Crippen LogP contribution in [-0.4, -0.2) is 15.0 Å². The summed E-state index contributed by atoms with van der Waals surface area (Å²) in [6.45, 7) is 5.57. The van der Waals surface area contributed by atoms with Gasteiger partial charge in [-0.2, -0.15) is 15.0 Å². The average molecular weight is 242 g/mol. The van der Waals surface area contributed by atoms with E-state index in [1.54, 1.807) is 6.08 Å². The standard InChI is InChI=1S/C10H9Cl2N3/c1-3-5-6-7(4-2)8-13-9(11)15-10(12)14-8/h3-6H,2H2,1H3/b5-3-,7-6+. The molecule has 0 spiro atoms. The Bertz CT molecular complexity index is 404. The molecule has 1 aromatic heterocycles. The predicted molar refractivity (Wildman–Crippen MR) is 62.8 cm³/mol. The zero-order chi connectivity index (χ0) is 11.3. The average Bonchev–Trinajstić information content (AvgIpc) is 2.17. The van der Waals surface area contributed by atoms with Gasteiger partial charge in [-0.05, 0) is 30.1 Å². The van der Waals surface area contributed by atoms with Crippen molar-refractivity contribution in [1.82, 2.24) is 15.0 Å². The van der Waals surface area contributed by atoms with Gasteiger partial charge in [0.2, 0.25) is 10.6 Å². The maximum Gasteiger partial charge on any atom is 0.227 e. The summed E-state index contributed by atoms with van der Waals surface area (Å²) in [7, 11) is 0. The second-order valence-corrected chi connectivity index (χ2v) is 3.23. The first-order chi connectivity index (χ1) is 7.17. The molecule has 1 rings (SSSR count). The lowest BCUT2D eigenvalue weighted by molar-refractivity contribution is 1.02. The van der Waals surface area contributed by atoms with Crippen LogP contribution in [0, 0.1) is 0 Å². The summed E-state index contributed by atoms with van der Waals surface area (Å²) in [6.07, 6.45) is 7.17.